The molecule has 0 aliphatic carbocycles. The van der Waals surface area contributed by atoms with Crippen LogP contribution in [0.25, 0.3) is 6.08 Å². The van der Waals surface area contributed by atoms with Crippen molar-refractivity contribution in [1.29, 1.82) is 0 Å². The number of methoxy groups -OCH3 is 1. The third kappa shape index (κ3) is 8.13. The molecule has 0 bridgehead atoms. The number of carbonyl (C=O) groups excluding carboxylic acids is 4. The Bertz CT molecular complexity index is 1050. The van der Waals surface area contributed by atoms with E-state index < -0.39 is 36.5 Å². The van der Waals surface area contributed by atoms with Crippen molar-refractivity contribution >= 4 is 35.6 Å². The molecule has 3 N–H and O–H groups in total. The first-order valence-electron chi connectivity index (χ1n) is 10.2. The van der Waals surface area contributed by atoms with Crippen LogP contribution in [0.4, 0.5) is 10.5 Å². The molecule has 0 spiro atoms. The summed E-state index contributed by atoms with van der Waals surface area (Å²) in [5, 5.41) is 7.10. The number of amides is 4. The highest BCUT2D eigenvalue weighted by atomic mass is 16.5. The van der Waals surface area contributed by atoms with Crippen molar-refractivity contribution < 1.29 is 28.7 Å². The normalized spacial score (nSPS) is 11.4. The summed E-state index contributed by atoms with van der Waals surface area (Å²) in [6.07, 6.45) is 2.85. The quantitative estimate of drug-likeness (QED) is 0.417. The smallest absolute Gasteiger partial charge is 0.328 e. The Hall–Kier alpha value is -4.14. The Kier molecular flexibility index (Phi) is 9.17. The van der Waals surface area contributed by atoms with Gasteiger partial charge in [-0.25, -0.2) is 9.59 Å². The van der Waals surface area contributed by atoms with Crippen molar-refractivity contribution in [2.75, 3.05) is 19.0 Å². The summed E-state index contributed by atoms with van der Waals surface area (Å²) < 4.78 is 9.93. The van der Waals surface area contributed by atoms with Crippen LogP contribution >= 0.6 is 0 Å². The van der Waals surface area contributed by atoms with Crippen molar-refractivity contribution in [3.63, 3.8) is 0 Å². The standard InChI is InChI=1S/C24H27N3O6/c1-15-6-5-7-20(16(15)2)26-24(31)27-22(29)14-33-23(30)17(3)25-21(28)13-10-18-8-11-19(32-4)12-9-18/h5-13,17H,14H2,1-4H3,(H,25,28)(H2,26,27,29,31)/b13-10+/t17-/m0/s1. The van der Waals surface area contributed by atoms with Gasteiger partial charge in [0.1, 0.15) is 11.8 Å². The molecule has 0 fully saturated rings. The molecular formula is C24H27N3O6. The summed E-state index contributed by atoms with van der Waals surface area (Å²) in [5.41, 5.74) is 3.20. The minimum atomic E-state index is -0.991. The minimum Gasteiger partial charge on any atom is -0.497 e. The lowest BCUT2D eigenvalue weighted by Crippen LogP contribution is -2.41. The maximum atomic E-state index is 12.0. The average molecular weight is 453 g/mol. The van der Waals surface area contributed by atoms with Gasteiger partial charge in [-0.1, -0.05) is 24.3 Å². The Morgan fingerprint density at radius 2 is 1.73 bits per heavy atom. The first-order chi connectivity index (χ1) is 15.7. The maximum Gasteiger partial charge on any atom is 0.328 e. The van der Waals surface area contributed by atoms with Gasteiger partial charge < -0.3 is 20.1 Å². The van der Waals surface area contributed by atoms with Crippen LogP contribution in [0.3, 0.4) is 0 Å². The number of ether oxygens (including phenoxy) is 2. The number of rotatable bonds is 8. The lowest BCUT2D eigenvalue weighted by atomic mass is 10.1. The van der Waals surface area contributed by atoms with Gasteiger partial charge in [-0.05, 0) is 61.7 Å². The molecule has 0 heterocycles. The van der Waals surface area contributed by atoms with E-state index >= 15 is 0 Å². The number of urea groups is 1. The number of imide groups is 1. The second-order valence-electron chi connectivity index (χ2n) is 7.19. The second kappa shape index (κ2) is 12.0. The van der Waals surface area contributed by atoms with Gasteiger partial charge >= 0.3 is 12.0 Å². The van der Waals surface area contributed by atoms with Crippen LogP contribution in [-0.4, -0.2) is 43.6 Å². The van der Waals surface area contributed by atoms with Gasteiger partial charge in [0.25, 0.3) is 5.91 Å². The molecule has 0 saturated heterocycles. The van der Waals surface area contributed by atoms with Crippen LogP contribution in [0.1, 0.15) is 23.6 Å². The molecule has 0 aromatic heterocycles. The summed E-state index contributed by atoms with van der Waals surface area (Å²) in [6.45, 7) is 4.50. The predicted molar refractivity (Wildman–Crippen MR) is 124 cm³/mol. The maximum absolute atomic E-state index is 12.0. The molecule has 0 saturated carbocycles. The van der Waals surface area contributed by atoms with Gasteiger partial charge in [-0.15, -0.1) is 0 Å². The fraction of sp³-hybridized carbons (Fsp3) is 0.250. The largest absolute Gasteiger partial charge is 0.497 e. The molecule has 4 amide bonds. The highest BCUT2D eigenvalue weighted by Crippen LogP contribution is 2.17. The van der Waals surface area contributed by atoms with E-state index in [9.17, 15) is 19.2 Å². The van der Waals surface area contributed by atoms with Crippen LogP contribution in [0.2, 0.25) is 0 Å². The first-order valence-corrected chi connectivity index (χ1v) is 10.2. The van der Waals surface area contributed by atoms with E-state index in [4.69, 9.17) is 9.47 Å². The van der Waals surface area contributed by atoms with Crippen LogP contribution in [0.15, 0.2) is 48.5 Å². The molecule has 2 aromatic rings. The van der Waals surface area contributed by atoms with Gasteiger partial charge in [0.15, 0.2) is 6.61 Å². The average Bonchev–Trinajstić information content (AvgIpc) is 2.79. The van der Waals surface area contributed by atoms with E-state index in [0.717, 1.165) is 16.7 Å². The molecular weight excluding hydrogens is 426 g/mol. The summed E-state index contributed by atoms with van der Waals surface area (Å²) in [4.78, 5) is 47.9. The van der Waals surface area contributed by atoms with Gasteiger partial charge in [0, 0.05) is 11.8 Å². The number of hydrogen-bond acceptors (Lipinski definition) is 6. The number of aryl methyl sites for hydroxylation is 1. The lowest BCUT2D eigenvalue weighted by Gasteiger charge is -2.13. The number of nitrogens with one attached hydrogen (secondary N) is 3. The Balaban J connectivity index is 1.75. The zero-order valence-corrected chi connectivity index (χ0v) is 18.9. The molecule has 33 heavy (non-hydrogen) atoms. The summed E-state index contributed by atoms with van der Waals surface area (Å²) >= 11 is 0. The fourth-order valence-electron chi connectivity index (χ4n) is 2.67. The van der Waals surface area contributed by atoms with Crippen molar-refractivity contribution in [2.24, 2.45) is 0 Å². The molecule has 2 rings (SSSR count). The fourth-order valence-corrected chi connectivity index (χ4v) is 2.67. The topological polar surface area (TPSA) is 123 Å². The Labute approximate surface area is 192 Å². The number of hydrogen-bond donors (Lipinski definition) is 3. The first kappa shape index (κ1) is 25.1. The van der Waals surface area contributed by atoms with E-state index in [-0.39, 0.29) is 0 Å². The molecule has 0 radical (unpaired) electrons. The van der Waals surface area contributed by atoms with E-state index in [2.05, 4.69) is 16.0 Å². The van der Waals surface area contributed by atoms with Gasteiger partial charge in [-0.2, -0.15) is 0 Å². The van der Waals surface area contributed by atoms with E-state index in [0.29, 0.717) is 11.4 Å². The molecule has 0 aliphatic rings. The van der Waals surface area contributed by atoms with Gasteiger partial charge in [0.05, 0.1) is 7.11 Å². The van der Waals surface area contributed by atoms with Gasteiger partial charge in [0.2, 0.25) is 5.91 Å². The number of esters is 1. The van der Waals surface area contributed by atoms with Crippen molar-refractivity contribution in [2.45, 2.75) is 26.8 Å². The summed E-state index contributed by atoms with van der Waals surface area (Å²) in [6, 6.07) is 10.7. The molecule has 9 nitrogen and oxygen atoms in total. The third-order valence-electron chi connectivity index (χ3n) is 4.71. The van der Waals surface area contributed by atoms with Crippen LogP contribution in [-0.2, 0) is 19.1 Å². The minimum absolute atomic E-state index is 0.507. The van der Waals surface area contributed by atoms with Crippen molar-refractivity contribution in [3.8, 4) is 5.75 Å². The molecule has 174 valence electrons. The van der Waals surface area contributed by atoms with Crippen molar-refractivity contribution in [3.05, 3.63) is 65.2 Å². The zero-order valence-electron chi connectivity index (χ0n) is 18.9. The van der Waals surface area contributed by atoms with Crippen LogP contribution in [0.5, 0.6) is 5.75 Å². The van der Waals surface area contributed by atoms with Crippen LogP contribution < -0.4 is 20.7 Å². The van der Waals surface area contributed by atoms with Crippen LogP contribution in [0, 0.1) is 13.8 Å². The Morgan fingerprint density at radius 3 is 2.39 bits per heavy atom. The molecule has 0 aliphatic heterocycles. The monoisotopic (exact) mass is 453 g/mol. The van der Waals surface area contributed by atoms with Crippen molar-refractivity contribution in [1.82, 2.24) is 10.6 Å². The molecule has 9 heteroatoms. The SMILES string of the molecule is COc1ccc(/C=C/C(=O)N[C@@H](C)C(=O)OCC(=O)NC(=O)Nc2cccc(C)c2C)cc1. The number of anilines is 1. The number of benzene rings is 2. The highest BCUT2D eigenvalue weighted by Gasteiger charge is 2.18. The van der Waals surface area contributed by atoms with E-state index in [1.54, 1.807) is 49.6 Å². The molecule has 2 aromatic carbocycles. The molecule has 1 atom stereocenters. The Morgan fingerprint density at radius 1 is 1.03 bits per heavy atom. The predicted octanol–water partition coefficient (Wildman–Crippen LogP) is 2.72. The molecule has 0 unspecified atom stereocenters. The highest BCUT2D eigenvalue weighted by molar-refractivity contribution is 6.02. The van der Waals surface area contributed by atoms with E-state index in [1.165, 1.54) is 13.0 Å². The lowest BCUT2D eigenvalue weighted by molar-refractivity contribution is -0.150. The zero-order chi connectivity index (χ0) is 24.4. The van der Waals surface area contributed by atoms with E-state index in [1.807, 2.05) is 19.9 Å². The summed E-state index contributed by atoms with van der Waals surface area (Å²) in [5.74, 6) is -1.43. The second-order valence-corrected chi connectivity index (χ2v) is 7.19. The third-order valence-corrected chi connectivity index (χ3v) is 4.71. The summed E-state index contributed by atoms with van der Waals surface area (Å²) in [7, 11) is 1.56. The number of carbonyl (C=O) groups is 4. The van der Waals surface area contributed by atoms with Gasteiger partial charge in [-0.3, -0.25) is 14.9 Å².